The van der Waals surface area contributed by atoms with Gasteiger partial charge in [-0.1, -0.05) is 23.9 Å². The first-order valence-corrected chi connectivity index (χ1v) is 11.9. The average molecular weight is 466 g/mol. The predicted molar refractivity (Wildman–Crippen MR) is 129 cm³/mol. The molecular weight excluding hydrogens is 438 g/mol. The number of fused-ring (bicyclic) bond motifs is 1. The zero-order chi connectivity index (χ0) is 23.2. The zero-order valence-corrected chi connectivity index (χ0v) is 19.6. The first-order chi connectivity index (χ1) is 16.0. The monoisotopic (exact) mass is 465 g/mol. The van der Waals surface area contributed by atoms with Gasteiger partial charge in [-0.2, -0.15) is 0 Å². The lowest BCUT2D eigenvalue weighted by molar-refractivity contribution is -0.114. The van der Waals surface area contributed by atoms with Crippen LogP contribution in [-0.4, -0.2) is 32.3 Å². The summed E-state index contributed by atoms with van der Waals surface area (Å²) in [4.78, 5) is 23.6. The Morgan fingerprint density at radius 1 is 1.03 bits per heavy atom. The minimum atomic E-state index is -0.171. The molecule has 1 aliphatic rings. The maximum atomic E-state index is 12.4. The fourth-order valence-electron chi connectivity index (χ4n) is 3.75. The molecule has 0 saturated heterocycles. The summed E-state index contributed by atoms with van der Waals surface area (Å²) in [5, 5.41) is 14.6. The van der Waals surface area contributed by atoms with E-state index in [1.807, 2.05) is 17.7 Å². The fraction of sp³-hybridized carbons (Fsp3) is 0.333. The molecule has 2 aromatic carbocycles. The summed E-state index contributed by atoms with van der Waals surface area (Å²) in [6, 6.07) is 13.3. The van der Waals surface area contributed by atoms with Gasteiger partial charge in [0, 0.05) is 25.3 Å². The van der Waals surface area contributed by atoms with E-state index in [-0.39, 0.29) is 17.6 Å². The Bertz CT molecular complexity index is 1160. The molecule has 1 heterocycles. The smallest absolute Gasteiger partial charge is 0.234 e. The van der Waals surface area contributed by atoms with Crippen molar-refractivity contribution in [1.82, 2.24) is 14.8 Å². The number of nitrogens with zero attached hydrogens (tertiary/aromatic N) is 3. The van der Waals surface area contributed by atoms with Gasteiger partial charge >= 0.3 is 0 Å². The number of nitrogens with one attached hydrogen (secondary N) is 2. The molecule has 1 aromatic heterocycles. The van der Waals surface area contributed by atoms with Crippen LogP contribution in [0.25, 0.3) is 0 Å². The van der Waals surface area contributed by atoms with E-state index in [1.54, 1.807) is 24.3 Å². The predicted octanol–water partition coefficient (Wildman–Crippen LogP) is 3.96. The largest absolute Gasteiger partial charge is 0.486 e. The second kappa shape index (κ2) is 10.5. The molecule has 0 spiro atoms. The van der Waals surface area contributed by atoms with E-state index in [9.17, 15) is 9.59 Å². The number of anilines is 2. The van der Waals surface area contributed by atoms with Crippen LogP contribution in [0.15, 0.2) is 47.6 Å². The van der Waals surface area contributed by atoms with Crippen molar-refractivity contribution in [2.75, 3.05) is 16.4 Å². The number of hydrogen-bond acceptors (Lipinski definition) is 6. The molecule has 3 aromatic rings. The van der Waals surface area contributed by atoms with Crippen LogP contribution in [0.4, 0.5) is 11.4 Å². The summed E-state index contributed by atoms with van der Waals surface area (Å²) in [5.41, 5.74) is 4.04. The molecule has 0 radical (unpaired) electrons. The third-order valence-corrected chi connectivity index (χ3v) is 6.43. The molecule has 0 saturated carbocycles. The van der Waals surface area contributed by atoms with Crippen molar-refractivity contribution >= 4 is 35.0 Å². The molecule has 8 nitrogen and oxygen atoms in total. The molecule has 1 aliphatic carbocycles. The van der Waals surface area contributed by atoms with Crippen molar-refractivity contribution in [3.8, 4) is 5.75 Å². The molecule has 9 heteroatoms. The highest BCUT2D eigenvalue weighted by Crippen LogP contribution is 2.26. The molecule has 0 unspecified atom stereocenters. The second-order valence-electron chi connectivity index (χ2n) is 7.98. The number of carbonyl (C=O) groups is 2. The van der Waals surface area contributed by atoms with Crippen molar-refractivity contribution in [3.05, 3.63) is 59.4 Å². The summed E-state index contributed by atoms with van der Waals surface area (Å²) in [5.74, 6) is 1.38. The lowest BCUT2D eigenvalue weighted by Gasteiger charge is -2.16. The Labute approximate surface area is 197 Å². The molecule has 4 rings (SSSR count). The van der Waals surface area contributed by atoms with Gasteiger partial charge in [0.1, 0.15) is 12.4 Å². The lowest BCUT2D eigenvalue weighted by atomic mass is 9.92. The molecule has 2 amide bonds. The number of aromatic nitrogens is 3. The zero-order valence-electron chi connectivity index (χ0n) is 18.8. The fourth-order valence-corrected chi connectivity index (χ4v) is 4.48. The van der Waals surface area contributed by atoms with Crippen LogP contribution < -0.4 is 15.4 Å². The van der Waals surface area contributed by atoms with E-state index in [0.29, 0.717) is 29.0 Å². The number of hydrogen-bond donors (Lipinski definition) is 2. The van der Waals surface area contributed by atoms with Gasteiger partial charge in [0.15, 0.2) is 11.0 Å². The normalized spacial score (nSPS) is 12.7. The van der Waals surface area contributed by atoms with Gasteiger partial charge in [0.2, 0.25) is 11.8 Å². The van der Waals surface area contributed by atoms with Gasteiger partial charge in [-0.05, 0) is 67.1 Å². The highest BCUT2D eigenvalue weighted by Gasteiger charge is 2.14. The lowest BCUT2D eigenvalue weighted by Crippen LogP contribution is -2.15. The van der Waals surface area contributed by atoms with Gasteiger partial charge < -0.3 is 19.9 Å². The number of amides is 2. The molecule has 0 atom stereocenters. The first-order valence-electron chi connectivity index (χ1n) is 10.9. The molecule has 0 aliphatic heterocycles. The first kappa shape index (κ1) is 22.8. The average Bonchev–Trinajstić information content (AvgIpc) is 3.15. The topological polar surface area (TPSA) is 98.1 Å². The van der Waals surface area contributed by atoms with Crippen LogP contribution in [0, 0.1) is 0 Å². The summed E-state index contributed by atoms with van der Waals surface area (Å²) >= 11 is 1.30. The van der Waals surface area contributed by atoms with Crippen molar-refractivity contribution in [1.29, 1.82) is 0 Å². The SMILES string of the molecule is CC(=O)Nc1cccc(NC(=O)CSc2nnc(COc3ccc4c(c3)CCCC4)n2C)c1. The van der Waals surface area contributed by atoms with Crippen molar-refractivity contribution in [2.24, 2.45) is 7.05 Å². The standard InChI is InChI=1S/C24H27N5O3S/c1-16(30)25-19-8-5-9-20(13-19)26-23(31)15-33-24-28-27-22(29(24)2)14-32-21-11-10-17-6-3-4-7-18(17)12-21/h5,8-13H,3-4,6-7,14-15H2,1-2H3,(H,25,30)(H,26,31). The maximum Gasteiger partial charge on any atom is 0.234 e. The Balaban J connectivity index is 1.29. The Kier molecular flexibility index (Phi) is 7.29. The van der Waals surface area contributed by atoms with E-state index < -0.39 is 0 Å². The van der Waals surface area contributed by atoms with Crippen LogP contribution >= 0.6 is 11.8 Å². The molecule has 0 bridgehead atoms. The van der Waals surface area contributed by atoms with E-state index in [0.717, 1.165) is 18.6 Å². The molecular formula is C24H27N5O3S. The molecule has 33 heavy (non-hydrogen) atoms. The van der Waals surface area contributed by atoms with Gasteiger partial charge in [0.25, 0.3) is 0 Å². The molecule has 2 N–H and O–H groups in total. The van der Waals surface area contributed by atoms with Gasteiger partial charge in [-0.15, -0.1) is 10.2 Å². The number of carbonyl (C=O) groups excluding carboxylic acids is 2. The summed E-state index contributed by atoms with van der Waals surface area (Å²) in [7, 11) is 1.86. The Morgan fingerprint density at radius 2 is 1.79 bits per heavy atom. The summed E-state index contributed by atoms with van der Waals surface area (Å²) in [6.45, 7) is 1.75. The van der Waals surface area contributed by atoms with Crippen molar-refractivity contribution in [2.45, 2.75) is 44.4 Å². The third-order valence-electron chi connectivity index (χ3n) is 5.41. The number of ether oxygens (including phenoxy) is 1. The quantitative estimate of drug-likeness (QED) is 0.489. The van der Waals surface area contributed by atoms with Crippen LogP contribution in [0.2, 0.25) is 0 Å². The number of aryl methyl sites for hydroxylation is 2. The van der Waals surface area contributed by atoms with Crippen molar-refractivity contribution < 1.29 is 14.3 Å². The number of rotatable bonds is 8. The Hall–Kier alpha value is -3.33. The van der Waals surface area contributed by atoms with Crippen LogP contribution in [-0.2, 0) is 36.1 Å². The van der Waals surface area contributed by atoms with Crippen LogP contribution in [0.5, 0.6) is 5.75 Å². The number of benzene rings is 2. The molecule has 0 fully saturated rings. The van der Waals surface area contributed by atoms with E-state index in [1.165, 1.54) is 42.7 Å². The van der Waals surface area contributed by atoms with Gasteiger partial charge in [-0.25, -0.2) is 0 Å². The van der Waals surface area contributed by atoms with Crippen molar-refractivity contribution in [3.63, 3.8) is 0 Å². The van der Waals surface area contributed by atoms with Gasteiger partial charge in [0.05, 0.1) is 5.75 Å². The highest BCUT2D eigenvalue weighted by atomic mass is 32.2. The number of thioether (sulfide) groups is 1. The minimum absolute atomic E-state index is 0.164. The summed E-state index contributed by atoms with van der Waals surface area (Å²) < 4.78 is 7.79. The molecule has 172 valence electrons. The van der Waals surface area contributed by atoms with E-state index in [2.05, 4.69) is 33.0 Å². The Morgan fingerprint density at radius 3 is 2.58 bits per heavy atom. The van der Waals surface area contributed by atoms with Crippen LogP contribution in [0.1, 0.15) is 36.7 Å². The van der Waals surface area contributed by atoms with E-state index in [4.69, 9.17) is 4.74 Å². The highest BCUT2D eigenvalue weighted by molar-refractivity contribution is 7.99. The van der Waals surface area contributed by atoms with E-state index >= 15 is 0 Å². The van der Waals surface area contributed by atoms with Gasteiger partial charge in [-0.3, -0.25) is 9.59 Å². The third kappa shape index (κ3) is 6.13. The summed E-state index contributed by atoms with van der Waals surface area (Å²) in [6.07, 6.45) is 4.74. The maximum absolute atomic E-state index is 12.4. The minimum Gasteiger partial charge on any atom is -0.486 e. The second-order valence-corrected chi connectivity index (χ2v) is 8.93. The van der Waals surface area contributed by atoms with Crippen LogP contribution in [0.3, 0.4) is 0 Å².